The van der Waals surface area contributed by atoms with Crippen molar-refractivity contribution in [3.05, 3.63) is 46.8 Å². The number of rotatable bonds is 20. The van der Waals surface area contributed by atoms with Crippen molar-refractivity contribution in [3.63, 3.8) is 0 Å². The smallest absolute Gasteiger partial charge is 0.290 e. The molecule has 0 amide bonds. The van der Waals surface area contributed by atoms with Crippen molar-refractivity contribution in [1.29, 1.82) is 5.26 Å². The number of aryl methyl sites for hydroxylation is 1. The Bertz CT molecular complexity index is 1570. The normalized spacial score (nSPS) is 15.6. The van der Waals surface area contributed by atoms with Gasteiger partial charge in [-0.15, -0.1) is 5.10 Å². The minimum absolute atomic E-state index is 0.0540. The molecule has 266 valence electrons. The Hall–Kier alpha value is -3.75. The van der Waals surface area contributed by atoms with Gasteiger partial charge in [-0.1, -0.05) is 107 Å². The summed E-state index contributed by atoms with van der Waals surface area (Å²) < 4.78 is 1.25. The summed E-state index contributed by atoms with van der Waals surface area (Å²) in [5.41, 5.74) is 3.67. The standard InChI is InChI=1S/C38H56N8O2S/c1-8-13-15-28(10-3)24-45(25-29(11-4)16-14-9-2)38-41-33(30-19-17-26(6)18-20-30)35(49-38)40-32-27(7)31(23-39)36(48)46-34(32)42-37(43-46)44(12-5)21-22-47/h17-20,28-29,32,40,47H,8-16,21-22,24-25H2,1-7H3. The molecule has 11 heteroatoms. The summed E-state index contributed by atoms with van der Waals surface area (Å²) in [6.07, 6.45) is 9.50. The lowest BCUT2D eigenvalue weighted by molar-refractivity contribution is 0.0933. The van der Waals surface area contributed by atoms with Crippen molar-refractivity contribution in [2.24, 2.45) is 11.8 Å². The number of carbonyl (C=O) groups excluding carboxylic acids is 1. The van der Waals surface area contributed by atoms with E-state index in [1.54, 1.807) is 11.3 Å². The Balaban J connectivity index is 1.83. The Labute approximate surface area is 297 Å². The predicted molar refractivity (Wildman–Crippen MR) is 201 cm³/mol. The maximum Gasteiger partial charge on any atom is 0.290 e. The molecule has 2 aromatic heterocycles. The van der Waals surface area contributed by atoms with Crippen LogP contribution in [0, 0.1) is 30.1 Å². The van der Waals surface area contributed by atoms with Crippen molar-refractivity contribution in [3.8, 4) is 17.3 Å². The van der Waals surface area contributed by atoms with Crippen LogP contribution in [0.2, 0.25) is 0 Å². The van der Waals surface area contributed by atoms with Crippen LogP contribution in [0.25, 0.3) is 11.3 Å². The highest BCUT2D eigenvalue weighted by molar-refractivity contribution is 7.20. The minimum Gasteiger partial charge on any atom is -0.395 e. The van der Waals surface area contributed by atoms with E-state index in [-0.39, 0.29) is 12.2 Å². The van der Waals surface area contributed by atoms with Gasteiger partial charge in [-0.05, 0) is 51.0 Å². The predicted octanol–water partition coefficient (Wildman–Crippen LogP) is 8.41. The number of fused-ring (bicyclic) bond motifs is 1. The summed E-state index contributed by atoms with van der Waals surface area (Å²) >= 11 is 1.64. The second-order valence-electron chi connectivity index (χ2n) is 13.3. The van der Waals surface area contributed by atoms with E-state index in [9.17, 15) is 15.2 Å². The minimum atomic E-state index is -0.576. The van der Waals surface area contributed by atoms with Gasteiger partial charge in [0.15, 0.2) is 11.0 Å². The van der Waals surface area contributed by atoms with E-state index in [2.05, 4.69) is 80.3 Å². The Morgan fingerprint density at radius 1 is 0.980 bits per heavy atom. The molecule has 0 radical (unpaired) electrons. The highest BCUT2D eigenvalue weighted by Gasteiger charge is 2.36. The molecule has 3 aromatic rings. The zero-order chi connectivity index (χ0) is 35.5. The van der Waals surface area contributed by atoms with Crippen LogP contribution in [0.4, 0.5) is 16.1 Å². The number of allylic oxidation sites excluding steroid dienone is 1. The van der Waals surface area contributed by atoms with E-state index >= 15 is 0 Å². The van der Waals surface area contributed by atoms with Gasteiger partial charge in [0.25, 0.3) is 5.91 Å². The Morgan fingerprint density at radius 2 is 1.61 bits per heavy atom. The van der Waals surface area contributed by atoms with Crippen molar-refractivity contribution in [2.75, 3.05) is 47.9 Å². The van der Waals surface area contributed by atoms with E-state index in [0.717, 1.165) is 47.3 Å². The van der Waals surface area contributed by atoms with Gasteiger partial charge in [0.1, 0.15) is 28.4 Å². The number of aliphatic hydroxyl groups excluding tert-OH is 1. The lowest BCUT2D eigenvalue weighted by Gasteiger charge is -2.30. The van der Waals surface area contributed by atoms with Gasteiger partial charge >= 0.3 is 0 Å². The number of carbonyl (C=O) groups is 1. The van der Waals surface area contributed by atoms with E-state index in [1.165, 1.54) is 48.8 Å². The third-order valence-electron chi connectivity index (χ3n) is 9.79. The van der Waals surface area contributed by atoms with Crippen LogP contribution in [0.3, 0.4) is 0 Å². The highest BCUT2D eigenvalue weighted by atomic mass is 32.1. The number of anilines is 3. The molecule has 1 aliphatic heterocycles. The fourth-order valence-electron chi connectivity index (χ4n) is 6.49. The number of thiazole rings is 1. The van der Waals surface area contributed by atoms with E-state index in [4.69, 9.17) is 9.97 Å². The van der Waals surface area contributed by atoms with Gasteiger partial charge in [0.2, 0.25) is 5.95 Å². The van der Waals surface area contributed by atoms with E-state index < -0.39 is 11.9 Å². The molecule has 0 aliphatic carbocycles. The summed E-state index contributed by atoms with van der Waals surface area (Å²) in [7, 11) is 0. The number of hydrogen-bond donors (Lipinski definition) is 2. The van der Waals surface area contributed by atoms with Crippen LogP contribution in [-0.4, -0.2) is 63.5 Å². The largest absolute Gasteiger partial charge is 0.395 e. The van der Waals surface area contributed by atoms with Gasteiger partial charge in [-0.3, -0.25) is 4.79 Å². The average Bonchev–Trinajstić information content (AvgIpc) is 3.74. The molecular formula is C38H56N8O2S. The number of hydrogen-bond acceptors (Lipinski definition) is 10. The third-order valence-corrected chi connectivity index (χ3v) is 10.8. The first-order valence-corrected chi connectivity index (χ1v) is 19.1. The summed E-state index contributed by atoms with van der Waals surface area (Å²) in [5.74, 6) is 1.45. The van der Waals surface area contributed by atoms with E-state index in [1.807, 2.05) is 18.7 Å². The maximum atomic E-state index is 13.4. The molecule has 3 heterocycles. The maximum absolute atomic E-state index is 13.4. The van der Waals surface area contributed by atoms with Gasteiger partial charge < -0.3 is 20.2 Å². The fourth-order valence-corrected chi connectivity index (χ4v) is 7.53. The highest BCUT2D eigenvalue weighted by Crippen LogP contribution is 2.43. The molecule has 0 saturated heterocycles. The molecular weight excluding hydrogens is 633 g/mol. The molecule has 0 fully saturated rings. The second-order valence-corrected chi connectivity index (χ2v) is 14.3. The first kappa shape index (κ1) is 38.1. The molecule has 0 spiro atoms. The fraction of sp³-hybridized carbons (Fsp3) is 0.605. The molecule has 3 atom stereocenters. The third kappa shape index (κ3) is 9.08. The molecule has 10 nitrogen and oxygen atoms in total. The van der Waals surface area contributed by atoms with Crippen molar-refractivity contribution >= 4 is 33.3 Å². The summed E-state index contributed by atoms with van der Waals surface area (Å²) in [4.78, 5) is 28.0. The lowest BCUT2D eigenvalue weighted by atomic mass is 9.96. The molecule has 0 saturated carbocycles. The average molecular weight is 689 g/mol. The Kier molecular flexibility index (Phi) is 14.2. The number of aliphatic hydroxyl groups is 1. The molecule has 49 heavy (non-hydrogen) atoms. The van der Waals surface area contributed by atoms with E-state index in [0.29, 0.717) is 42.3 Å². The van der Waals surface area contributed by atoms with Gasteiger partial charge in [-0.2, -0.15) is 14.9 Å². The molecule has 4 rings (SSSR count). The Morgan fingerprint density at radius 3 is 2.14 bits per heavy atom. The molecule has 0 bridgehead atoms. The number of nitrogens with zero attached hydrogens (tertiary/aromatic N) is 7. The van der Waals surface area contributed by atoms with Gasteiger partial charge in [0, 0.05) is 31.7 Å². The van der Waals surface area contributed by atoms with Crippen molar-refractivity contribution < 1.29 is 9.90 Å². The number of likely N-dealkylation sites (N-methyl/N-ethyl adjacent to an activating group) is 1. The first-order valence-electron chi connectivity index (χ1n) is 18.3. The topological polar surface area (TPSA) is 123 Å². The first-order chi connectivity index (χ1) is 23.7. The van der Waals surface area contributed by atoms with Crippen LogP contribution < -0.4 is 15.1 Å². The van der Waals surface area contributed by atoms with Crippen LogP contribution >= 0.6 is 11.3 Å². The summed E-state index contributed by atoms with van der Waals surface area (Å²) in [6.45, 7) is 17.7. The monoisotopic (exact) mass is 688 g/mol. The number of benzene rings is 1. The molecule has 3 unspecified atom stereocenters. The van der Waals surface area contributed by atoms with Crippen LogP contribution in [0.5, 0.6) is 0 Å². The molecule has 1 aliphatic rings. The number of unbranched alkanes of at least 4 members (excludes halogenated alkanes) is 2. The van der Waals surface area contributed by atoms with Gasteiger partial charge in [-0.25, -0.2) is 4.98 Å². The molecule has 2 N–H and O–H groups in total. The van der Waals surface area contributed by atoms with Crippen molar-refractivity contribution in [1.82, 2.24) is 19.7 Å². The number of nitrogens with one attached hydrogen (secondary N) is 1. The quantitative estimate of drug-likeness (QED) is 0.120. The zero-order valence-corrected chi connectivity index (χ0v) is 31.4. The van der Waals surface area contributed by atoms with Crippen LogP contribution in [-0.2, 0) is 0 Å². The lowest BCUT2D eigenvalue weighted by Crippen LogP contribution is -2.34. The molecule has 1 aromatic carbocycles. The van der Waals surface area contributed by atoms with Gasteiger partial charge in [0.05, 0.1) is 6.61 Å². The van der Waals surface area contributed by atoms with Crippen LogP contribution in [0.15, 0.2) is 35.4 Å². The SMILES string of the molecule is CCCCC(CC)CN(CC(CC)CCCC)c1nc(-c2ccc(C)cc2)c(NC2C(C)=C(C#N)C(=O)n3nc(N(CC)CCO)nc32)s1. The second kappa shape index (κ2) is 18.3. The summed E-state index contributed by atoms with van der Waals surface area (Å²) in [5, 5.41) is 29.8. The van der Waals surface area contributed by atoms with Crippen molar-refractivity contribution in [2.45, 2.75) is 106 Å². The zero-order valence-electron chi connectivity index (χ0n) is 30.6. The van der Waals surface area contributed by atoms with Crippen LogP contribution in [0.1, 0.15) is 115 Å². The number of aromatic nitrogens is 4. The summed E-state index contributed by atoms with van der Waals surface area (Å²) in [6, 6.07) is 9.98. The number of nitriles is 1.